The van der Waals surface area contributed by atoms with E-state index in [-0.39, 0.29) is 29.7 Å². The summed E-state index contributed by atoms with van der Waals surface area (Å²) < 4.78 is 42.7. The summed E-state index contributed by atoms with van der Waals surface area (Å²) in [5, 5.41) is 11.1. The van der Waals surface area contributed by atoms with Crippen LogP contribution in [0.5, 0.6) is 0 Å². The maximum atomic E-state index is 8.83. The first-order valence-electron chi connectivity index (χ1n) is 19.4. The second kappa shape index (κ2) is 11.6. The van der Waals surface area contributed by atoms with Crippen molar-refractivity contribution in [3.63, 3.8) is 0 Å². The summed E-state index contributed by atoms with van der Waals surface area (Å²) in [4.78, 5) is 0. The molecule has 0 saturated carbocycles. The van der Waals surface area contributed by atoms with E-state index in [1.54, 1.807) is 0 Å². The van der Waals surface area contributed by atoms with Gasteiger partial charge in [0.2, 0.25) is 0 Å². The SMILES string of the molecule is [2H]c1c([2H])c([2H])c(-c2c3ccccc3c(-c3ccc(-c4ccc(-c5cc6c7ccccc7ccc6c6ccccc56)cc4)cc3)c3ccccc23)c([2H])c1[2H]. The van der Waals surface area contributed by atoms with Gasteiger partial charge in [0.25, 0.3) is 0 Å². The molecule has 0 spiro atoms. The fourth-order valence-corrected chi connectivity index (χ4v) is 7.86. The standard InChI is InChI=1S/C50H32/c1-2-13-37(14-3-1)49-43-18-8-10-20-45(43)50(46-21-11-9-19-44(46)49)38-28-24-34(25-29-38)33-22-26-36(27-23-33)47-32-48-39-15-5-4-12-35(39)30-31-42(48)40-16-6-7-17-41(40)47/h1-32H/i1D,2D,3D,13D,14D. The summed E-state index contributed by atoms with van der Waals surface area (Å²) in [6.07, 6.45) is 0. The largest absolute Gasteiger partial charge is 0.0629 e. The average Bonchev–Trinajstić information content (AvgIpc) is 3.24. The van der Waals surface area contributed by atoms with Crippen molar-refractivity contribution in [2.24, 2.45) is 0 Å². The zero-order valence-electron chi connectivity index (χ0n) is 32.1. The van der Waals surface area contributed by atoms with E-state index in [0.29, 0.717) is 5.56 Å². The molecule has 50 heavy (non-hydrogen) atoms. The van der Waals surface area contributed by atoms with Crippen LogP contribution in [0.3, 0.4) is 0 Å². The lowest BCUT2D eigenvalue weighted by molar-refractivity contribution is 1.60. The summed E-state index contributed by atoms with van der Waals surface area (Å²) in [6.45, 7) is 0. The number of hydrogen-bond acceptors (Lipinski definition) is 0. The van der Waals surface area contributed by atoms with Crippen LogP contribution in [0, 0.1) is 0 Å². The summed E-state index contributed by atoms with van der Waals surface area (Å²) in [7, 11) is 0. The first kappa shape index (κ1) is 23.8. The van der Waals surface area contributed by atoms with E-state index in [0.717, 1.165) is 43.8 Å². The normalized spacial score (nSPS) is 13.0. The zero-order chi connectivity index (χ0) is 37.4. The summed E-state index contributed by atoms with van der Waals surface area (Å²) in [6, 6.07) is 56.0. The van der Waals surface area contributed by atoms with Crippen molar-refractivity contribution in [1.29, 1.82) is 0 Å². The third kappa shape index (κ3) is 4.54. The van der Waals surface area contributed by atoms with Crippen LogP contribution >= 0.6 is 0 Å². The fourth-order valence-electron chi connectivity index (χ4n) is 7.86. The van der Waals surface area contributed by atoms with E-state index >= 15 is 0 Å². The molecule has 232 valence electrons. The molecule has 0 aliphatic rings. The van der Waals surface area contributed by atoms with Crippen LogP contribution in [0.4, 0.5) is 0 Å². The maximum absolute atomic E-state index is 8.83. The summed E-state index contributed by atoms with van der Waals surface area (Å²) in [5.41, 5.74) is 7.56. The molecule has 10 aromatic rings. The van der Waals surface area contributed by atoms with Gasteiger partial charge < -0.3 is 0 Å². The van der Waals surface area contributed by atoms with Gasteiger partial charge in [-0.1, -0.05) is 188 Å². The van der Waals surface area contributed by atoms with Crippen molar-refractivity contribution >= 4 is 53.9 Å². The topological polar surface area (TPSA) is 0 Å². The van der Waals surface area contributed by atoms with Crippen molar-refractivity contribution in [1.82, 2.24) is 0 Å². The first-order valence-corrected chi connectivity index (χ1v) is 16.9. The van der Waals surface area contributed by atoms with Crippen LogP contribution in [0.1, 0.15) is 6.85 Å². The second-order valence-corrected chi connectivity index (χ2v) is 12.8. The van der Waals surface area contributed by atoms with Gasteiger partial charge in [0.1, 0.15) is 0 Å². The molecule has 10 rings (SSSR count). The molecule has 0 radical (unpaired) electrons. The molecule has 0 heteroatoms. The van der Waals surface area contributed by atoms with Gasteiger partial charge in [-0.25, -0.2) is 0 Å². The van der Waals surface area contributed by atoms with Crippen LogP contribution in [0.2, 0.25) is 0 Å². The molecule has 0 nitrogen and oxygen atoms in total. The van der Waals surface area contributed by atoms with E-state index in [2.05, 4.69) is 127 Å². The Morgan fingerprint density at radius 1 is 0.280 bits per heavy atom. The van der Waals surface area contributed by atoms with Crippen molar-refractivity contribution < 1.29 is 6.85 Å². The lowest BCUT2D eigenvalue weighted by Gasteiger charge is -2.18. The minimum Gasteiger partial charge on any atom is -0.0622 e. The van der Waals surface area contributed by atoms with Gasteiger partial charge in [0, 0.05) is 0 Å². The van der Waals surface area contributed by atoms with Gasteiger partial charge in [-0.2, -0.15) is 0 Å². The number of rotatable bonds is 4. The Labute approximate surface area is 298 Å². The molecular weight excluding hydrogens is 601 g/mol. The molecule has 0 saturated heterocycles. The molecule has 0 heterocycles. The van der Waals surface area contributed by atoms with Crippen LogP contribution in [0.25, 0.3) is 98.4 Å². The molecule has 0 amide bonds. The van der Waals surface area contributed by atoms with Crippen molar-refractivity contribution in [2.75, 3.05) is 0 Å². The van der Waals surface area contributed by atoms with Crippen LogP contribution in [-0.2, 0) is 0 Å². The maximum Gasteiger partial charge on any atom is 0.0629 e. The van der Waals surface area contributed by atoms with Crippen LogP contribution in [-0.4, -0.2) is 0 Å². The Morgan fingerprint density at radius 2 is 0.720 bits per heavy atom. The number of hydrogen-bond donors (Lipinski definition) is 0. The van der Waals surface area contributed by atoms with E-state index in [1.165, 1.54) is 43.4 Å². The van der Waals surface area contributed by atoms with E-state index < -0.39 is 6.04 Å². The van der Waals surface area contributed by atoms with Gasteiger partial charge in [0.15, 0.2) is 0 Å². The Morgan fingerprint density at radius 3 is 1.32 bits per heavy atom. The average molecular weight is 638 g/mol. The molecule has 0 bridgehead atoms. The first-order chi connectivity index (χ1) is 26.9. The molecule has 0 aromatic heterocycles. The number of benzene rings is 10. The predicted molar refractivity (Wildman–Crippen MR) is 216 cm³/mol. The minimum atomic E-state index is -0.394. The van der Waals surface area contributed by atoms with Crippen molar-refractivity contribution in [3.8, 4) is 44.5 Å². The quantitative estimate of drug-likeness (QED) is 0.133. The second-order valence-electron chi connectivity index (χ2n) is 12.8. The van der Waals surface area contributed by atoms with Gasteiger partial charge in [-0.3, -0.25) is 0 Å². The highest BCUT2D eigenvalue weighted by Crippen LogP contribution is 2.44. The van der Waals surface area contributed by atoms with E-state index in [9.17, 15) is 0 Å². The third-order valence-electron chi connectivity index (χ3n) is 10.2. The smallest absolute Gasteiger partial charge is 0.0622 e. The zero-order valence-corrected chi connectivity index (χ0v) is 27.1. The fraction of sp³-hybridized carbons (Fsp3) is 0. The molecule has 0 aliphatic heterocycles. The van der Waals surface area contributed by atoms with Gasteiger partial charge in [-0.15, -0.1) is 0 Å². The minimum absolute atomic E-state index is 0.202. The van der Waals surface area contributed by atoms with Crippen LogP contribution in [0.15, 0.2) is 194 Å². The summed E-state index contributed by atoms with van der Waals surface area (Å²) in [5.74, 6) is 0. The Bertz CT molecular complexity index is 3100. The Kier molecular flexibility index (Phi) is 5.50. The highest BCUT2D eigenvalue weighted by Gasteiger charge is 2.17. The number of fused-ring (bicyclic) bond motifs is 7. The molecule has 0 atom stereocenters. The predicted octanol–water partition coefficient (Wildman–Crippen LogP) is 14.1. The highest BCUT2D eigenvalue weighted by molar-refractivity contribution is 6.22. The van der Waals surface area contributed by atoms with Gasteiger partial charge >= 0.3 is 0 Å². The summed E-state index contributed by atoms with van der Waals surface area (Å²) >= 11 is 0. The molecule has 10 aromatic carbocycles. The molecule has 0 unspecified atom stereocenters. The Hall–Kier alpha value is -6.50. The van der Waals surface area contributed by atoms with Gasteiger partial charge in [0.05, 0.1) is 6.85 Å². The van der Waals surface area contributed by atoms with Crippen molar-refractivity contribution in [2.45, 2.75) is 0 Å². The molecule has 0 aliphatic carbocycles. The lowest BCUT2D eigenvalue weighted by atomic mass is 9.85. The van der Waals surface area contributed by atoms with Crippen LogP contribution < -0.4 is 0 Å². The monoisotopic (exact) mass is 637 g/mol. The van der Waals surface area contributed by atoms with E-state index in [4.69, 9.17) is 6.85 Å². The third-order valence-corrected chi connectivity index (χ3v) is 10.2. The van der Waals surface area contributed by atoms with Gasteiger partial charge in [-0.05, 0) is 104 Å². The molecular formula is C50H32. The Balaban J connectivity index is 1.08. The molecule has 0 fully saturated rings. The van der Waals surface area contributed by atoms with Crippen molar-refractivity contribution in [3.05, 3.63) is 194 Å². The lowest BCUT2D eigenvalue weighted by Crippen LogP contribution is -1.90. The highest BCUT2D eigenvalue weighted by atomic mass is 14.2. The molecule has 0 N–H and O–H groups in total. The van der Waals surface area contributed by atoms with E-state index in [1.807, 2.05) is 36.4 Å².